The molecule has 0 radical (unpaired) electrons. The molecule has 0 fully saturated rings. The highest BCUT2D eigenvalue weighted by Crippen LogP contribution is 2.12. The van der Waals surface area contributed by atoms with Crippen molar-refractivity contribution in [2.45, 2.75) is 4.90 Å². The molecule has 2 rings (SSSR count). The quantitative estimate of drug-likeness (QED) is 0.679. The van der Waals surface area contributed by atoms with Crippen LogP contribution in [-0.2, 0) is 10.0 Å². The van der Waals surface area contributed by atoms with E-state index in [1.54, 1.807) is 30.3 Å². The minimum Gasteiger partial charge on any atom is -0.259 e. The van der Waals surface area contributed by atoms with Crippen molar-refractivity contribution in [1.29, 1.82) is 0 Å². The van der Waals surface area contributed by atoms with E-state index in [9.17, 15) is 8.42 Å². The van der Waals surface area contributed by atoms with Gasteiger partial charge in [0.2, 0.25) is 0 Å². The van der Waals surface area contributed by atoms with Crippen molar-refractivity contribution in [3.63, 3.8) is 0 Å². The highest BCUT2D eigenvalue weighted by atomic mass is 32.2. The first-order valence-electron chi connectivity index (χ1n) is 5.22. The molecule has 0 atom stereocenters. The monoisotopic (exact) mass is 261 g/mol. The Morgan fingerprint density at radius 1 is 0.833 bits per heavy atom. The molecule has 18 heavy (non-hydrogen) atoms. The first-order chi connectivity index (χ1) is 8.68. The number of benzene rings is 2. The van der Waals surface area contributed by atoms with Crippen LogP contribution < -0.4 is 5.43 Å². The van der Waals surface area contributed by atoms with Gasteiger partial charge in [-0.05, 0) is 28.8 Å². The van der Waals surface area contributed by atoms with E-state index in [0.717, 1.165) is 0 Å². The van der Waals surface area contributed by atoms with Gasteiger partial charge in [-0.1, -0.05) is 41.6 Å². The second-order valence-electron chi connectivity index (χ2n) is 3.45. The number of rotatable bonds is 4. The van der Waals surface area contributed by atoms with Crippen LogP contribution in [0.4, 0.5) is 5.69 Å². The van der Waals surface area contributed by atoms with Crippen LogP contribution in [0.25, 0.3) is 0 Å². The van der Waals surface area contributed by atoms with Gasteiger partial charge < -0.3 is 0 Å². The molecule has 0 amide bonds. The van der Waals surface area contributed by atoms with Crippen LogP contribution in [0.15, 0.2) is 75.3 Å². The highest BCUT2D eigenvalue weighted by Gasteiger charge is 2.11. The van der Waals surface area contributed by atoms with Crippen LogP contribution in [0.2, 0.25) is 0 Å². The zero-order valence-electron chi connectivity index (χ0n) is 9.39. The molecule has 0 saturated carbocycles. The van der Waals surface area contributed by atoms with Gasteiger partial charge in [-0.25, -0.2) is 0 Å². The first kappa shape index (κ1) is 12.3. The second kappa shape index (κ2) is 5.42. The molecule has 0 bridgehead atoms. The molecule has 0 spiro atoms. The van der Waals surface area contributed by atoms with E-state index in [2.05, 4.69) is 15.2 Å². The first-order valence-corrected chi connectivity index (χ1v) is 6.66. The lowest BCUT2D eigenvalue weighted by atomic mass is 10.3. The van der Waals surface area contributed by atoms with Crippen molar-refractivity contribution >= 4 is 15.7 Å². The average Bonchev–Trinajstić information content (AvgIpc) is 2.41. The molecular formula is C12H11N3O2S. The molecule has 2 aromatic rings. The molecule has 0 aliphatic carbocycles. The van der Waals surface area contributed by atoms with Crippen LogP contribution in [0, 0.1) is 0 Å². The van der Waals surface area contributed by atoms with E-state index in [0.29, 0.717) is 5.69 Å². The Bertz CT molecular complexity index is 625. The number of para-hydroxylation sites is 1. The number of anilines is 1. The van der Waals surface area contributed by atoms with E-state index >= 15 is 0 Å². The van der Waals surface area contributed by atoms with Gasteiger partial charge in [0.15, 0.2) is 0 Å². The van der Waals surface area contributed by atoms with Crippen molar-refractivity contribution in [2.75, 3.05) is 5.43 Å². The standard InChI is InChI=1S/C12H11N3O2S/c16-18(17,12-9-5-2-6-10-12)15-14-13-11-7-3-1-4-8-11/h1-10H,(H,13,15). The van der Waals surface area contributed by atoms with Crippen LogP contribution in [0.1, 0.15) is 0 Å². The molecule has 0 unspecified atom stereocenters. The van der Waals surface area contributed by atoms with Gasteiger partial charge in [0, 0.05) is 0 Å². The summed E-state index contributed by atoms with van der Waals surface area (Å²) in [6.45, 7) is 0. The Hall–Kier alpha value is -2.21. The third kappa shape index (κ3) is 3.14. The van der Waals surface area contributed by atoms with Gasteiger partial charge in [-0.3, -0.25) is 5.43 Å². The molecule has 2 aromatic carbocycles. The maximum atomic E-state index is 11.7. The van der Waals surface area contributed by atoms with Crippen molar-refractivity contribution < 1.29 is 8.42 Å². The van der Waals surface area contributed by atoms with E-state index in [1.807, 2.05) is 18.2 Å². The molecule has 0 aliphatic heterocycles. The Balaban J connectivity index is 2.10. The van der Waals surface area contributed by atoms with E-state index in [-0.39, 0.29) is 4.90 Å². The Morgan fingerprint density at radius 3 is 2.00 bits per heavy atom. The minimum absolute atomic E-state index is 0.114. The number of nitrogens with one attached hydrogen (secondary N) is 1. The number of hydrogen-bond donors (Lipinski definition) is 1. The van der Waals surface area contributed by atoms with Gasteiger partial charge in [0.25, 0.3) is 0 Å². The van der Waals surface area contributed by atoms with Crippen LogP contribution in [0.5, 0.6) is 0 Å². The van der Waals surface area contributed by atoms with E-state index in [4.69, 9.17) is 0 Å². The Morgan fingerprint density at radius 2 is 1.39 bits per heavy atom. The topological polar surface area (TPSA) is 70.9 Å². The molecule has 6 heteroatoms. The predicted molar refractivity (Wildman–Crippen MR) is 68.5 cm³/mol. The fourth-order valence-corrected chi connectivity index (χ4v) is 2.03. The summed E-state index contributed by atoms with van der Waals surface area (Å²) in [4.78, 5) is 0.114. The third-order valence-corrected chi connectivity index (χ3v) is 3.31. The third-order valence-electron chi connectivity index (χ3n) is 2.14. The van der Waals surface area contributed by atoms with Crippen LogP contribution in [-0.4, -0.2) is 8.42 Å². The number of nitrogens with zero attached hydrogens (tertiary/aromatic N) is 2. The molecular weight excluding hydrogens is 250 g/mol. The lowest BCUT2D eigenvalue weighted by molar-refractivity contribution is 0.595. The minimum atomic E-state index is -3.73. The molecule has 0 aliphatic rings. The summed E-state index contributed by atoms with van der Waals surface area (Å²) >= 11 is 0. The van der Waals surface area contributed by atoms with E-state index < -0.39 is 10.0 Å². The zero-order chi connectivity index (χ0) is 12.8. The van der Waals surface area contributed by atoms with Crippen LogP contribution >= 0.6 is 0 Å². The molecule has 0 saturated heterocycles. The second-order valence-corrected chi connectivity index (χ2v) is 5.03. The summed E-state index contributed by atoms with van der Waals surface area (Å²) < 4.78 is 26.8. The lowest BCUT2D eigenvalue weighted by Crippen LogP contribution is -1.96. The van der Waals surface area contributed by atoms with Gasteiger partial charge in [0.05, 0.1) is 10.6 Å². The highest BCUT2D eigenvalue weighted by molar-refractivity contribution is 7.90. The van der Waals surface area contributed by atoms with Crippen molar-refractivity contribution in [3.8, 4) is 0 Å². The SMILES string of the molecule is O=S(=O)(N=NNc1ccccc1)c1ccccc1. The fraction of sp³-hybridized carbons (Fsp3) is 0. The Labute approximate surface area is 105 Å². The zero-order valence-corrected chi connectivity index (χ0v) is 10.2. The van der Waals surface area contributed by atoms with Gasteiger partial charge in [-0.2, -0.15) is 8.42 Å². The summed E-state index contributed by atoms with van der Waals surface area (Å²) in [7, 11) is -3.73. The summed E-state index contributed by atoms with van der Waals surface area (Å²) in [6, 6.07) is 16.9. The van der Waals surface area contributed by atoms with Crippen molar-refractivity contribution in [3.05, 3.63) is 60.7 Å². The molecule has 5 nitrogen and oxygen atoms in total. The summed E-state index contributed by atoms with van der Waals surface area (Å²) in [5.41, 5.74) is 3.22. The summed E-state index contributed by atoms with van der Waals surface area (Å²) in [5.74, 6) is 0. The molecule has 1 N–H and O–H groups in total. The summed E-state index contributed by atoms with van der Waals surface area (Å²) in [5, 5.41) is 3.48. The molecule has 92 valence electrons. The Kier molecular flexibility index (Phi) is 3.69. The average molecular weight is 261 g/mol. The largest absolute Gasteiger partial charge is 0.301 e. The lowest BCUT2D eigenvalue weighted by Gasteiger charge is -1.98. The maximum absolute atomic E-state index is 11.7. The molecule has 0 aromatic heterocycles. The fourth-order valence-electron chi connectivity index (χ4n) is 1.28. The predicted octanol–water partition coefficient (Wildman–Crippen LogP) is 2.85. The van der Waals surface area contributed by atoms with Crippen LogP contribution in [0.3, 0.4) is 0 Å². The number of sulfonamides is 1. The number of hydrogen-bond acceptors (Lipinski definition) is 3. The maximum Gasteiger partial charge on any atom is 0.301 e. The summed E-state index contributed by atoms with van der Waals surface area (Å²) in [6.07, 6.45) is 0. The van der Waals surface area contributed by atoms with Gasteiger partial charge in [-0.15, -0.1) is 0 Å². The molecule has 0 heterocycles. The van der Waals surface area contributed by atoms with E-state index in [1.165, 1.54) is 12.1 Å². The van der Waals surface area contributed by atoms with Crippen molar-refractivity contribution in [2.24, 2.45) is 9.74 Å². The van der Waals surface area contributed by atoms with Crippen molar-refractivity contribution in [1.82, 2.24) is 0 Å². The normalized spacial score (nSPS) is 11.6. The smallest absolute Gasteiger partial charge is 0.259 e. The van der Waals surface area contributed by atoms with Gasteiger partial charge in [0.1, 0.15) is 0 Å². The van der Waals surface area contributed by atoms with Gasteiger partial charge >= 0.3 is 10.0 Å².